The summed E-state index contributed by atoms with van der Waals surface area (Å²) in [5, 5.41) is 21.5. The summed E-state index contributed by atoms with van der Waals surface area (Å²) in [6.45, 7) is 7.21. The van der Waals surface area contributed by atoms with Gasteiger partial charge < -0.3 is 14.9 Å². The first-order valence-electron chi connectivity index (χ1n) is 11.8. The van der Waals surface area contributed by atoms with Crippen LogP contribution in [0.1, 0.15) is 78.6 Å². The lowest BCUT2D eigenvalue weighted by molar-refractivity contribution is -0.174. The average Bonchev–Trinajstić information content (AvgIpc) is 2.84. The van der Waals surface area contributed by atoms with Crippen molar-refractivity contribution in [3.63, 3.8) is 0 Å². The van der Waals surface area contributed by atoms with Crippen LogP contribution < -0.4 is 0 Å². The first kappa shape index (κ1) is 19.4. The van der Waals surface area contributed by atoms with Gasteiger partial charge in [0.05, 0.1) is 12.2 Å². The summed E-state index contributed by atoms with van der Waals surface area (Å²) in [6, 6.07) is 0. The second-order valence-corrected chi connectivity index (χ2v) is 11.6. The number of aliphatic hydroxyl groups excluding tert-OH is 2. The molecule has 0 aromatic rings. The number of fused-ring (bicyclic) bond motifs is 7. The van der Waals surface area contributed by atoms with Crippen LogP contribution in [-0.4, -0.2) is 34.5 Å². The molecule has 11 atom stereocenters. The van der Waals surface area contributed by atoms with Crippen LogP contribution in [-0.2, 0) is 9.53 Å². The Bertz CT molecular complexity index is 649. The molecule has 28 heavy (non-hydrogen) atoms. The van der Waals surface area contributed by atoms with Gasteiger partial charge in [0.15, 0.2) is 0 Å². The normalized spacial score (nSPS) is 58.6. The van der Waals surface area contributed by atoms with Gasteiger partial charge in [-0.3, -0.25) is 4.79 Å². The lowest BCUT2D eigenvalue weighted by Gasteiger charge is -2.62. The third-order valence-corrected chi connectivity index (χ3v) is 10.4. The second kappa shape index (κ2) is 6.44. The molecule has 5 aliphatic rings. The number of carbonyl (C=O) groups is 1. The third-order valence-electron chi connectivity index (χ3n) is 10.4. The molecule has 158 valence electrons. The largest absolute Gasteiger partial charge is 0.462 e. The average molecular weight is 391 g/mol. The summed E-state index contributed by atoms with van der Waals surface area (Å²) in [5.41, 5.74) is 0.422. The molecule has 0 spiro atoms. The molecule has 1 aliphatic heterocycles. The van der Waals surface area contributed by atoms with Gasteiger partial charge in [0.25, 0.3) is 0 Å². The van der Waals surface area contributed by atoms with Crippen LogP contribution in [0.5, 0.6) is 0 Å². The highest BCUT2D eigenvalue weighted by molar-refractivity contribution is 5.70. The first-order chi connectivity index (χ1) is 13.2. The van der Waals surface area contributed by atoms with Crippen molar-refractivity contribution in [1.29, 1.82) is 0 Å². The molecule has 5 rings (SSSR count). The van der Waals surface area contributed by atoms with Gasteiger partial charge in [-0.05, 0) is 91.8 Å². The van der Waals surface area contributed by atoms with E-state index in [2.05, 4.69) is 20.8 Å². The van der Waals surface area contributed by atoms with Gasteiger partial charge in [-0.1, -0.05) is 20.8 Å². The molecule has 4 nitrogen and oxygen atoms in total. The van der Waals surface area contributed by atoms with Crippen LogP contribution >= 0.6 is 0 Å². The fraction of sp³-hybridized carbons (Fsp3) is 0.958. The van der Waals surface area contributed by atoms with Crippen molar-refractivity contribution >= 4 is 5.97 Å². The monoisotopic (exact) mass is 390 g/mol. The van der Waals surface area contributed by atoms with E-state index in [4.69, 9.17) is 4.74 Å². The van der Waals surface area contributed by atoms with Crippen molar-refractivity contribution in [1.82, 2.24) is 0 Å². The van der Waals surface area contributed by atoms with Crippen molar-refractivity contribution in [2.45, 2.75) is 96.9 Å². The van der Waals surface area contributed by atoms with Crippen molar-refractivity contribution < 1.29 is 19.7 Å². The van der Waals surface area contributed by atoms with Gasteiger partial charge >= 0.3 is 5.97 Å². The number of ether oxygens (including phenoxy) is 1. The van der Waals surface area contributed by atoms with E-state index in [-0.39, 0.29) is 35.1 Å². The Labute approximate surface area is 169 Å². The molecule has 1 heterocycles. The zero-order valence-electron chi connectivity index (χ0n) is 17.8. The maximum Gasteiger partial charge on any atom is 0.306 e. The van der Waals surface area contributed by atoms with E-state index in [0.717, 1.165) is 38.5 Å². The summed E-state index contributed by atoms with van der Waals surface area (Å²) >= 11 is 0. The van der Waals surface area contributed by atoms with Crippen LogP contribution in [0.15, 0.2) is 0 Å². The predicted octanol–water partition coefficient (Wildman–Crippen LogP) is 3.93. The van der Waals surface area contributed by atoms with Gasteiger partial charge in [-0.25, -0.2) is 0 Å². The second-order valence-electron chi connectivity index (χ2n) is 11.6. The number of aliphatic hydroxyl groups is 2. The van der Waals surface area contributed by atoms with E-state index >= 15 is 0 Å². The molecule has 0 bridgehead atoms. The Hall–Kier alpha value is -0.610. The minimum absolute atomic E-state index is 0.0179. The first-order valence-corrected chi connectivity index (χ1v) is 11.8. The standard InChI is InChI=1S/C24H38O4/c1-13-4-5-20(27)28-19-12-17-21-16(7-9-24(17,3)22(13)19)23(2)8-6-15(25)10-14(23)11-18(21)26/h13-19,21-22,25-26H,4-12H2,1-3H3/t13-,14+,15-,16+,17+,18-,19+,21-,22+,23+,24+/m1/s1. The van der Waals surface area contributed by atoms with Gasteiger partial charge in [0, 0.05) is 12.3 Å². The zero-order chi connectivity index (χ0) is 19.8. The fourth-order valence-electron chi connectivity index (χ4n) is 9.12. The zero-order valence-corrected chi connectivity index (χ0v) is 17.8. The highest BCUT2D eigenvalue weighted by Crippen LogP contribution is 2.69. The Morgan fingerprint density at radius 1 is 0.964 bits per heavy atom. The molecule has 0 aromatic carbocycles. The van der Waals surface area contributed by atoms with E-state index in [1.54, 1.807) is 0 Å². The topological polar surface area (TPSA) is 66.8 Å². The molecule has 5 fully saturated rings. The molecule has 0 aromatic heterocycles. The van der Waals surface area contributed by atoms with E-state index in [1.165, 1.54) is 12.8 Å². The number of rotatable bonds is 0. The smallest absolute Gasteiger partial charge is 0.306 e. The lowest BCUT2D eigenvalue weighted by atomic mass is 9.43. The highest BCUT2D eigenvalue weighted by atomic mass is 16.5. The summed E-state index contributed by atoms with van der Waals surface area (Å²) in [4.78, 5) is 12.2. The number of carbonyl (C=O) groups excluding carboxylic acids is 1. The van der Waals surface area contributed by atoms with E-state index in [9.17, 15) is 15.0 Å². The lowest BCUT2D eigenvalue weighted by Crippen LogP contribution is -2.58. The molecule has 0 unspecified atom stereocenters. The Morgan fingerprint density at radius 3 is 2.50 bits per heavy atom. The van der Waals surface area contributed by atoms with Crippen LogP contribution in [0.3, 0.4) is 0 Å². The van der Waals surface area contributed by atoms with E-state index in [0.29, 0.717) is 41.9 Å². The van der Waals surface area contributed by atoms with Crippen LogP contribution in [0.4, 0.5) is 0 Å². The molecule has 1 saturated heterocycles. The number of hydrogen-bond donors (Lipinski definition) is 2. The molecule has 0 radical (unpaired) electrons. The molecule has 4 aliphatic carbocycles. The third kappa shape index (κ3) is 2.59. The van der Waals surface area contributed by atoms with Crippen LogP contribution in [0.2, 0.25) is 0 Å². The molecule has 4 heteroatoms. The molecule has 0 amide bonds. The molecular weight excluding hydrogens is 352 g/mol. The van der Waals surface area contributed by atoms with Crippen LogP contribution in [0.25, 0.3) is 0 Å². The maximum atomic E-state index is 12.2. The Balaban J connectivity index is 1.49. The molecule has 4 saturated carbocycles. The quantitative estimate of drug-likeness (QED) is 0.615. The molecular formula is C24H38O4. The van der Waals surface area contributed by atoms with Crippen LogP contribution in [0, 0.1) is 46.3 Å². The summed E-state index contributed by atoms with van der Waals surface area (Å²) in [7, 11) is 0. The van der Waals surface area contributed by atoms with Gasteiger partial charge in [-0.2, -0.15) is 0 Å². The van der Waals surface area contributed by atoms with Gasteiger partial charge in [0.1, 0.15) is 6.10 Å². The van der Waals surface area contributed by atoms with Gasteiger partial charge in [0.2, 0.25) is 0 Å². The fourth-order valence-corrected chi connectivity index (χ4v) is 9.12. The van der Waals surface area contributed by atoms with Crippen molar-refractivity contribution in [3.05, 3.63) is 0 Å². The minimum Gasteiger partial charge on any atom is -0.462 e. The molecule has 2 N–H and O–H groups in total. The Kier molecular flexibility index (Phi) is 4.45. The van der Waals surface area contributed by atoms with Crippen molar-refractivity contribution in [2.24, 2.45) is 46.3 Å². The summed E-state index contributed by atoms with van der Waals surface area (Å²) in [6.07, 6.45) is 8.11. The number of esters is 1. The van der Waals surface area contributed by atoms with E-state index < -0.39 is 0 Å². The summed E-state index contributed by atoms with van der Waals surface area (Å²) < 4.78 is 5.97. The van der Waals surface area contributed by atoms with Crippen molar-refractivity contribution in [2.75, 3.05) is 0 Å². The SMILES string of the molecule is C[C@@H]1CCC(=O)O[C@H]2C[C@H]3[C@@H]4[C@H](O)C[C@@H]5C[C@H](O)CC[C@]5(C)[C@H]4CC[C@]3(C)[C@@H]12. The summed E-state index contributed by atoms with van der Waals surface area (Å²) in [5.74, 6) is 2.70. The van der Waals surface area contributed by atoms with Crippen molar-refractivity contribution in [3.8, 4) is 0 Å². The van der Waals surface area contributed by atoms with E-state index in [1.807, 2.05) is 0 Å². The maximum absolute atomic E-state index is 12.2. The van der Waals surface area contributed by atoms with Gasteiger partial charge in [-0.15, -0.1) is 0 Å². The Morgan fingerprint density at radius 2 is 1.71 bits per heavy atom. The predicted molar refractivity (Wildman–Crippen MR) is 106 cm³/mol. The highest BCUT2D eigenvalue weighted by Gasteiger charge is 2.65. The minimum atomic E-state index is -0.272. The number of hydrogen-bond acceptors (Lipinski definition) is 4.